The second kappa shape index (κ2) is 12.5. The van der Waals surface area contributed by atoms with Crippen LogP contribution in [0.3, 0.4) is 0 Å². The Balaban J connectivity index is 1.41. The number of anilines is 1. The molecule has 1 heterocycles. The molecule has 3 aromatic carbocycles. The number of halogens is 1. The van der Waals surface area contributed by atoms with E-state index >= 15 is 0 Å². The zero-order chi connectivity index (χ0) is 29.0. The Morgan fingerprint density at radius 3 is 2.50 bits per heavy atom. The van der Waals surface area contributed by atoms with Gasteiger partial charge in [0.1, 0.15) is 0 Å². The van der Waals surface area contributed by atoms with Crippen molar-refractivity contribution in [2.24, 2.45) is 0 Å². The first-order chi connectivity index (χ1) is 19.0. The lowest BCUT2D eigenvalue weighted by Gasteiger charge is -2.16. The largest absolute Gasteiger partial charge is 0.493 e. The maximum absolute atomic E-state index is 13.0. The van der Waals surface area contributed by atoms with Crippen LogP contribution >= 0.6 is 35.6 Å². The van der Waals surface area contributed by atoms with Crippen molar-refractivity contribution in [2.75, 3.05) is 19.0 Å². The van der Waals surface area contributed by atoms with Crippen LogP contribution in [0.4, 0.5) is 5.69 Å². The van der Waals surface area contributed by atoms with Gasteiger partial charge in [0.05, 0.1) is 22.6 Å². The molecule has 11 heteroatoms. The number of rotatable bonds is 8. The van der Waals surface area contributed by atoms with Gasteiger partial charge in [-0.1, -0.05) is 41.6 Å². The summed E-state index contributed by atoms with van der Waals surface area (Å²) in [5.74, 6) is -0.594. The van der Waals surface area contributed by atoms with Gasteiger partial charge >= 0.3 is 0 Å². The zero-order valence-electron chi connectivity index (χ0n) is 22.2. The third-order valence-corrected chi connectivity index (χ3v) is 7.63. The summed E-state index contributed by atoms with van der Waals surface area (Å²) in [7, 11) is 1.48. The predicted octanol–water partition coefficient (Wildman–Crippen LogP) is 5.84. The molecule has 1 saturated heterocycles. The topological polar surface area (TPSA) is 97.0 Å². The van der Waals surface area contributed by atoms with Crippen LogP contribution in [-0.2, 0) is 9.59 Å². The first-order valence-corrected chi connectivity index (χ1v) is 13.7. The Hall–Kier alpha value is -3.86. The maximum Gasteiger partial charge on any atom is 0.285 e. The highest BCUT2D eigenvalue weighted by Crippen LogP contribution is 2.34. The number of hydrazine groups is 1. The number of thioether (sulfide) groups is 1. The standard InChI is InChI=1S/C29H26ClN3O5S2/c1-16-5-9-21(22(30)11-16)27(35)32-33-28(36)25(40-29(33)39)14-19-7-10-23(24(13-19)37-4)38-15-26(34)31-20-8-6-17(2)18(3)12-20/h5-14H,15H2,1-4H3,(H,31,34)(H,32,35)/b25-14+. The number of thiocarbonyl (C=S) groups is 1. The van der Waals surface area contributed by atoms with E-state index in [9.17, 15) is 14.4 Å². The molecule has 3 aromatic rings. The van der Waals surface area contributed by atoms with Gasteiger partial charge in [-0.2, -0.15) is 5.01 Å². The average Bonchev–Trinajstić information content (AvgIpc) is 3.17. The Labute approximate surface area is 246 Å². The molecule has 40 heavy (non-hydrogen) atoms. The van der Waals surface area contributed by atoms with E-state index in [4.69, 9.17) is 33.3 Å². The van der Waals surface area contributed by atoms with Gasteiger partial charge in [-0.15, -0.1) is 0 Å². The fourth-order valence-electron chi connectivity index (χ4n) is 3.73. The van der Waals surface area contributed by atoms with Crippen molar-refractivity contribution in [2.45, 2.75) is 20.8 Å². The lowest BCUT2D eigenvalue weighted by molar-refractivity contribution is -0.123. The molecule has 2 N–H and O–H groups in total. The van der Waals surface area contributed by atoms with Gasteiger partial charge in [0.2, 0.25) is 0 Å². The second-order valence-electron chi connectivity index (χ2n) is 8.99. The number of methoxy groups -OCH3 is 1. The molecular weight excluding hydrogens is 570 g/mol. The van der Waals surface area contributed by atoms with E-state index in [0.29, 0.717) is 27.7 Å². The fourth-order valence-corrected chi connectivity index (χ4v) is 5.23. The van der Waals surface area contributed by atoms with Crippen LogP contribution in [0, 0.1) is 20.8 Å². The van der Waals surface area contributed by atoms with Crippen LogP contribution in [0.5, 0.6) is 11.5 Å². The number of hydrogen-bond acceptors (Lipinski definition) is 7. The normalized spacial score (nSPS) is 13.9. The summed E-state index contributed by atoms with van der Waals surface area (Å²) in [5.41, 5.74) is 7.20. The SMILES string of the molecule is COc1cc(/C=C2/SC(=S)N(NC(=O)c3ccc(C)cc3Cl)C2=O)ccc1OCC(=O)Nc1ccc(C)c(C)c1. The Bertz CT molecular complexity index is 1560. The highest BCUT2D eigenvalue weighted by molar-refractivity contribution is 8.26. The third kappa shape index (κ3) is 6.82. The molecule has 1 aliphatic heterocycles. The molecule has 1 aliphatic rings. The molecule has 0 atom stereocenters. The van der Waals surface area contributed by atoms with Gasteiger partial charge in [-0.3, -0.25) is 19.8 Å². The predicted molar refractivity (Wildman–Crippen MR) is 162 cm³/mol. The molecule has 0 spiro atoms. The molecule has 0 aliphatic carbocycles. The minimum atomic E-state index is -0.549. The number of hydrogen-bond donors (Lipinski definition) is 2. The quantitative estimate of drug-likeness (QED) is 0.249. The molecule has 0 unspecified atom stereocenters. The van der Waals surface area contributed by atoms with Crippen molar-refractivity contribution in [3.8, 4) is 11.5 Å². The van der Waals surface area contributed by atoms with E-state index in [1.807, 2.05) is 39.0 Å². The smallest absolute Gasteiger partial charge is 0.285 e. The second-order valence-corrected chi connectivity index (χ2v) is 11.1. The van der Waals surface area contributed by atoms with Crippen molar-refractivity contribution < 1.29 is 23.9 Å². The Kier molecular flexibility index (Phi) is 9.14. The summed E-state index contributed by atoms with van der Waals surface area (Å²) in [5, 5.41) is 4.11. The molecule has 1 fully saturated rings. The molecule has 8 nitrogen and oxygen atoms in total. The van der Waals surface area contributed by atoms with Crippen LogP contribution in [0.2, 0.25) is 5.02 Å². The summed E-state index contributed by atoms with van der Waals surface area (Å²) < 4.78 is 11.3. The van der Waals surface area contributed by atoms with Gasteiger partial charge in [-0.25, -0.2) is 0 Å². The lowest BCUT2D eigenvalue weighted by Crippen LogP contribution is -2.44. The van der Waals surface area contributed by atoms with Crippen LogP contribution in [0.1, 0.15) is 32.6 Å². The highest BCUT2D eigenvalue weighted by atomic mass is 35.5. The molecule has 0 bridgehead atoms. The number of carbonyl (C=O) groups is 3. The number of carbonyl (C=O) groups excluding carboxylic acids is 3. The molecule has 0 saturated carbocycles. The molecule has 206 valence electrons. The van der Waals surface area contributed by atoms with Gasteiger partial charge in [-0.05, 0) is 97.7 Å². The molecule has 0 aromatic heterocycles. The van der Waals surface area contributed by atoms with E-state index in [1.165, 1.54) is 7.11 Å². The highest BCUT2D eigenvalue weighted by Gasteiger charge is 2.34. The van der Waals surface area contributed by atoms with E-state index < -0.39 is 11.8 Å². The van der Waals surface area contributed by atoms with E-state index in [1.54, 1.807) is 42.5 Å². The number of aryl methyl sites for hydroxylation is 3. The van der Waals surface area contributed by atoms with Crippen molar-refractivity contribution in [3.05, 3.63) is 92.3 Å². The van der Waals surface area contributed by atoms with E-state index in [2.05, 4.69) is 10.7 Å². The van der Waals surface area contributed by atoms with Crippen LogP contribution in [-0.4, -0.2) is 40.8 Å². The summed E-state index contributed by atoms with van der Waals surface area (Å²) in [4.78, 5) is 38.4. The van der Waals surface area contributed by atoms with Crippen LogP contribution < -0.4 is 20.2 Å². The minimum absolute atomic E-state index is 0.175. The number of benzene rings is 3. The van der Waals surface area contributed by atoms with Gasteiger partial charge in [0.25, 0.3) is 17.7 Å². The summed E-state index contributed by atoms with van der Waals surface area (Å²) in [6.45, 7) is 5.62. The first-order valence-electron chi connectivity index (χ1n) is 12.1. The molecule has 0 radical (unpaired) electrons. The number of ether oxygens (including phenoxy) is 2. The fraction of sp³-hybridized carbons (Fsp3) is 0.172. The number of nitrogens with one attached hydrogen (secondary N) is 2. The first kappa shape index (κ1) is 29.1. The minimum Gasteiger partial charge on any atom is -0.493 e. The summed E-state index contributed by atoms with van der Waals surface area (Å²) >= 11 is 12.6. The van der Waals surface area contributed by atoms with Crippen molar-refractivity contribution >= 4 is 69.4 Å². The summed E-state index contributed by atoms with van der Waals surface area (Å²) in [6, 6.07) is 15.7. The van der Waals surface area contributed by atoms with Crippen LogP contribution in [0.15, 0.2) is 59.5 Å². The molecule has 3 amide bonds. The van der Waals surface area contributed by atoms with Gasteiger partial charge in [0.15, 0.2) is 22.4 Å². The monoisotopic (exact) mass is 595 g/mol. The van der Waals surface area contributed by atoms with Crippen LogP contribution in [0.25, 0.3) is 6.08 Å². The number of amides is 3. The third-order valence-electron chi connectivity index (χ3n) is 6.01. The van der Waals surface area contributed by atoms with E-state index in [0.717, 1.165) is 33.5 Å². The average molecular weight is 596 g/mol. The van der Waals surface area contributed by atoms with Gasteiger partial charge < -0.3 is 14.8 Å². The van der Waals surface area contributed by atoms with Crippen molar-refractivity contribution in [3.63, 3.8) is 0 Å². The van der Waals surface area contributed by atoms with Crippen molar-refractivity contribution in [1.82, 2.24) is 10.4 Å². The Morgan fingerprint density at radius 2 is 1.80 bits per heavy atom. The molecule has 4 rings (SSSR count). The number of nitrogens with zero attached hydrogens (tertiary/aromatic N) is 1. The van der Waals surface area contributed by atoms with Crippen molar-refractivity contribution in [1.29, 1.82) is 0 Å². The Morgan fingerprint density at radius 1 is 1.02 bits per heavy atom. The summed E-state index contributed by atoms with van der Waals surface area (Å²) in [6.07, 6.45) is 1.63. The maximum atomic E-state index is 13.0. The molecular formula is C29H26ClN3O5S2. The van der Waals surface area contributed by atoms with E-state index in [-0.39, 0.29) is 27.4 Å². The zero-order valence-corrected chi connectivity index (χ0v) is 24.6. The lowest BCUT2D eigenvalue weighted by atomic mass is 10.1. The van der Waals surface area contributed by atoms with Gasteiger partial charge in [0, 0.05) is 5.69 Å².